The van der Waals surface area contributed by atoms with Crippen molar-refractivity contribution in [2.45, 2.75) is 39.7 Å². The zero-order valence-corrected chi connectivity index (χ0v) is 9.51. The number of nitrogens with two attached hydrogens (primary N) is 1. The molecule has 78 valence electrons. The third kappa shape index (κ3) is 2.05. The summed E-state index contributed by atoms with van der Waals surface area (Å²) in [6.45, 7) is 12.4. The molecule has 0 aromatic rings. The first-order chi connectivity index (χ1) is 6.00. The topological polar surface area (TPSA) is 29.3 Å². The number of rotatable bonds is 3. The van der Waals surface area contributed by atoms with Crippen molar-refractivity contribution in [3.05, 3.63) is 0 Å². The van der Waals surface area contributed by atoms with Crippen molar-refractivity contribution in [1.82, 2.24) is 4.90 Å². The molecule has 1 heterocycles. The van der Waals surface area contributed by atoms with Crippen LogP contribution in [0, 0.1) is 11.8 Å². The SMILES string of the molecule is CC1CCN(C(C)(CN)C(C)C)C1. The summed E-state index contributed by atoms with van der Waals surface area (Å²) in [5.41, 5.74) is 6.10. The molecule has 0 amide bonds. The second-order valence-electron chi connectivity index (χ2n) is 5.06. The van der Waals surface area contributed by atoms with E-state index in [0.29, 0.717) is 5.92 Å². The average molecular weight is 184 g/mol. The van der Waals surface area contributed by atoms with E-state index in [9.17, 15) is 0 Å². The monoisotopic (exact) mass is 184 g/mol. The summed E-state index contributed by atoms with van der Waals surface area (Å²) in [5.74, 6) is 1.49. The van der Waals surface area contributed by atoms with Crippen LogP contribution in [0.3, 0.4) is 0 Å². The Hall–Kier alpha value is -0.0800. The van der Waals surface area contributed by atoms with Gasteiger partial charge in [-0.05, 0) is 31.7 Å². The van der Waals surface area contributed by atoms with Gasteiger partial charge >= 0.3 is 0 Å². The van der Waals surface area contributed by atoms with E-state index < -0.39 is 0 Å². The van der Waals surface area contributed by atoms with E-state index >= 15 is 0 Å². The molecule has 2 unspecified atom stereocenters. The highest BCUT2D eigenvalue weighted by Crippen LogP contribution is 2.29. The number of hydrogen-bond donors (Lipinski definition) is 1. The van der Waals surface area contributed by atoms with Crippen molar-refractivity contribution < 1.29 is 0 Å². The van der Waals surface area contributed by atoms with Gasteiger partial charge in [-0.25, -0.2) is 0 Å². The highest BCUT2D eigenvalue weighted by atomic mass is 15.2. The van der Waals surface area contributed by atoms with Crippen LogP contribution in [0.2, 0.25) is 0 Å². The summed E-state index contributed by atoms with van der Waals surface area (Å²) in [7, 11) is 0. The maximum absolute atomic E-state index is 5.89. The Morgan fingerprint density at radius 3 is 2.46 bits per heavy atom. The predicted octanol–water partition coefficient (Wildman–Crippen LogP) is 1.70. The largest absolute Gasteiger partial charge is 0.329 e. The first-order valence-corrected chi connectivity index (χ1v) is 5.46. The maximum atomic E-state index is 5.89. The highest BCUT2D eigenvalue weighted by molar-refractivity contribution is 4.93. The minimum Gasteiger partial charge on any atom is -0.329 e. The van der Waals surface area contributed by atoms with Crippen molar-refractivity contribution >= 4 is 0 Å². The minimum atomic E-state index is 0.213. The molecule has 13 heavy (non-hydrogen) atoms. The first kappa shape index (κ1) is 11.0. The van der Waals surface area contributed by atoms with Gasteiger partial charge in [0.15, 0.2) is 0 Å². The van der Waals surface area contributed by atoms with Crippen LogP contribution in [0.1, 0.15) is 34.1 Å². The van der Waals surface area contributed by atoms with Crippen molar-refractivity contribution in [2.75, 3.05) is 19.6 Å². The van der Waals surface area contributed by atoms with E-state index in [1.165, 1.54) is 19.5 Å². The number of nitrogens with zero attached hydrogens (tertiary/aromatic N) is 1. The van der Waals surface area contributed by atoms with E-state index in [1.54, 1.807) is 0 Å². The zero-order valence-electron chi connectivity index (χ0n) is 9.51. The second kappa shape index (κ2) is 3.97. The Kier molecular flexibility index (Phi) is 3.36. The second-order valence-corrected chi connectivity index (χ2v) is 5.06. The lowest BCUT2D eigenvalue weighted by molar-refractivity contribution is 0.0897. The Balaban J connectivity index is 2.66. The van der Waals surface area contributed by atoms with Gasteiger partial charge in [0, 0.05) is 18.6 Å². The smallest absolute Gasteiger partial charge is 0.0326 e. The Labute approximate surface area is 82.5 Å². The van der Waals surface area contributed by atoms with Gasteiger partial charge < -0.3 is 5.73 Å². The zero-order chi connectivity index (χ0) is 10.1. The van der Waals surface area contributed by atoms with Gasteiger partial charge in [-0.1, -0.05) is 20.8 Å². The van der Waals surface area contributed by atoms with Gasteiger partial charge in [0.2, 0.25) is 0 Å². The molecule has 1 aliphatic rings. The molecule has 2 atom stereocenters. The Bertz CT molecular complexity index is 167. The van der Waals surface area contributed by atoms with Crippen molar-refractivity contribution in [2.24, 2.45) is 17.6 Å². The summed E-state index contributed by atoms with van der Waals surface area (Å²) in [5, 5.41) is 0. The maximum Gasteiger partial charge on any atom is 0.0326 e. The quantitative estimate of drug-likeness (QED) is 0.723. The fourth-order valence-electron chi connectivity index (χ4n) is 2.13. The molecule has 0 saturated carbocycles. The lowest BCUT2D eigenvalue weighted by Crippen LogP contribution is -2.54. The summed E-state index contributed by atoms with van der Waals surface area (Å²) < 4.78 is 0. The summed E-state index contributed by atoms with van der Waals surface area (Å²) in [6, 6.07) is 0. The molecule has 0 aromatic carbocycles. The molecule has 0 spiro atoms. The molecule has 2 heteroatoms. The van der Waals surface area contributed by atoms with Crippen LogP contribution < -0.4 is 5.73 Å². The van der Waals surface area contributed by atoms with E-state index in [4.69, 9.17) is 5.73 Å². The van der Waals surface area contributed by atoms with Crippen LogP contribution in [0.5, 0.6) is 0 Å². The van der Waals surface area contributed by atoms with Gasteiger partial charge in [-0.15, -0.1) is 0 Å². The lowest BCUT2D eigenvalue weighted by atomic mass is 9.87. The van der Waals surface area contributed by atoms with Crippen LogP contribution >= 0.6 is 0 Å². The predicted molar refractivity (Wildman–Crippen MR) is 57.7 cm³/mol. The summed E-state index contributed by atoms with van der Waals surface area (Å²) in [4.78, 5) is 2.57. The van der Waals surface area contributed by atoms with Crippen LogP contribution in [0.15, 0.2) is 0 Å². The average Bonchev–Trinajstić information content (AvgIpc) is 2.50. The number of hydrogen-bond acceptors (Lipinski definition) is 2. The van der Waals surface area contributed by atoms with E-state index in [0.717, 1.165) is 12.5 Å². The molecule has 1 saturated heterocycles. The van der Waals surface area contributed by atoms with Crippen molar-refractivity contribution in [3.63, 3.8) is 0 Å². The molecule has 1 fully saturated rings. The standard InChI is InChI=1S/C11H24N2/c1-9(2)11(4,8-12)13-6-5-10(3)7-13/h9-10H,5-8,12H2,1-4H3. The van der Waals surface area contributed by atoms with Gasteiger partial charge in [0.1, 0.15) is 0 Å². The molecule has 1 rings (SSSR count). The molecule has 2 nitrogen and oxygen atoms in total. The molecule has 0 aliphatic carbocycles. The Morgan fingerprint density at radius 1 is 1.54 bits per heavy atom. The number of likely N-dealkylation sites (tertiary alicyclic amines) is 1. The van der Waals surface area contributed by atoms with Gasteiger partial charge in [-0.2, -0.15) is 0 Å². The molecule has 0 bridgehead atoms. The Morgan fingerprint density at radius 2 is 2.15 bits per heavy atom. The van der Waals surface area contributed by atoms with Crippen molar-refractivity contribution in [1.29, 1.82) is 0 Å². The summed E-state index contributed by atoms with van der Waals surface area (Å²) >= 11 is 0. The van der Waals surface area contributed by atoms with Crippen LogP contribution in [0.25, 0.3) is 0 Å². The highest BCUT2D eigenvalue weighted by Gasteiger charge is 2.36. The normalized spacial score (nSPS) is 29.5. The van der Waals surface area contributed by atoms with E-state index in [1.807, 2.05) is 0 Å². The van der Waals surface area contributed by atoms with Gasteiger partial charge in [0.25, 0.3) is 0 Å². The molecule has 0 radical (unpaired) electrons. The first-order valence-electron chi connectivity index (χ1n) is 5.46. The molecule has 1 aliphatic heterocycles. The third-order valence-electron chi connectivity index (χ3n) is 3.80. The van der Waals surface area contributed by atoms with Crippen molar-refractivity contribution in [3.8, 4) is 0 Å². The van der Waals surface area contributed by atoms with Crippen LogP contribution in [-0.4, -0.2) is 30.1 Å². The van der Waals surface area contributed by atoms with Crippen LogP contribution in [-0.2, 0) is 0 Å². The fraction of sp³-hybridized carbons (Fsp3) is 1.00. The molecule has 2 N–H and O–H groups in total. The van der Waals surface area contributed by atoms with Gasteiger partial charge in [-0.3, -0.25) is 4.90 Å². The molecular weight excluding hydrogens is 160 g/mol. The van der Waals surface area contributed by atoms with Gasteiger partial charge in [0.05, 0.1) is 0 Å². The van der Waals surface area contributed by atoms with E-state index in [2.05, 4.69) is 32.6 Å². The lowest BCUT2D eigenvalue weighted by Gasteiger charge is -2.41. The van der Waals surface area contributed by atoms with Crippen LogP contribution in [0.4, 0.5) is 0 Å². The molecular formula is C11H24N2. The minimum absolute atomic E-state index is 0.213. The molecule has 0 aromatic heterocycles. The third-order valence-corrected chi connectivity index (χ3v) is 3.80. The summed E-state index contributed by atoms with van der Waals surface area (Å²) in [6.07, 6.45) is 1.34. The van der Waals surface area contributed by atoms with E-state index in [-0.39, 0.29) is 5.54 Å². The fourth-order valence-corrected chi connectivity index (χ4v) is 2.13.